The standard InChI is InChI=1S/C24H21NO3/c26-22-16-20(17-25(22)21-14-8-3-9-15-21)24(27)28-23(18-10-4-1-5-11-18)19-12-6-2-7-13-19/h1-15,20,23H,16-17H2/t20-/m1/s1. The molecule has 0 N–H and O–H groups in total. The molecule has 0 spiro atoms. The first kappa shape index (κ1) is 18.0. The summed E-state index contributed by atoms with van der Waals surface area (Å²) in [6.45, 7) is 0.345. The third-order valence-corrected chi connectivity index (χ3v) is 4.96. The van der Waals surface area contributed by atoms with Crippen molar-refractivity contribution in [1.29, 1.82) is 0 Å². The van der Waals surface area contributed by atoms with Gasteiger partial charge < -0.3 is 9.64 Å². The second kappa shape index (κ2) is 8.09. The number of ether oxygens (including phenoxy) is 1. The summed E-state index contributed by atoms with van der Waals surface area (Å²) in [5, 5.41) is 0. The Balaban J connectivity index is 1.53. The van der Waals surface area contributed by atoms with E-state index in [4.69, 9.17) is 4.74 Å². The highest BCUT2D eigenvalue weighted by Gasteiger charge is 2.37. The van der Waals surface area contributed by atoms with E-state index in [1.807, 2.05) is 91.0 Å². The lowest BCUT2D eigenvalue weighted by Crippen LogP contribution is -2.27. The highest BCUT2D eigenvalue weighted by atomic mass is 16.5. The summed E-state index contributed by atoms with van der Waals surface area (Å²) in [6.07, 6.45) is -0.319. The number of para-hydroxylation sites is 1. The SMILES string of the molecule is O=C(OC(c1ccccc1)c1ccccc1)[C@@H]1CC(=O)N(c2ccccc2)C1. The zero-order chi connectivity index (χ0) is 19.3. The van der Waals surface area contributed by atoms with Gasteiger partial charge in [0.15, 0.2) is 6.10 Å². The van der Waals surface area contributed by atoms with Crippen molar-refractivity contribution in [3.05, 3.63) is 102 Å². The predicted molar refractivity (Wildman–Crippen MR) is 108 cm³/mol. The molecule has 1 heterocycles. The number of rotatable bonds is 5. The van der Waals surface area contributed by atoms with Crippen molar-refractivity contribution in [2.45, 2.75) is 12.5 Å². The van der Waals surface area contributed by atoms with Crippen LogP contribution in [0.3, 0.4) is 0 Å². The Bertz CT molecular complexity index is 902. The van der Waals surface area contributed by atoms with E-state index in [0.29, 0.717) is 6.54 Å². The maximum absolute atomic E-state index is 12.9. The van der Waals surface area contributed by atoms with Crippen LogP contribution in [0, 0.1) is 5.92 Å². The largest absolute Gasteiger partial charge is 0.452 e. The molecule has 1 atom stereocenters. The summed E-state index contributed by atoms with van der Waals surface area (Å²) in [4.78, 5) is 27.0. The summed E-state index contributed by atoms with van der Waals surface area (Å²) in [6, 6.07) is 28.8. The van der Waals surface area contributed by atoms with Crippen molar-refractivity contribution >= 4 is 17.6 Å². The lowest BCUT2D eigenvalue weighted by Gasteiger charge is -2.21. The normalized spacial score (nSPS) is 16.4. The molecule has 3 aromatic carbocycles. The zero-order valence-corrected chi connectivity index (χ0v) is 15.4. The Labute approximate surface area is 164 Å². The molecule has 1 aliphatic rings. The molecule has 0 aromatic heterocycles. The minimum absolute atomic E-state index is 0.0517. The monoisotopic (exact) mass is 371 g/mol. The first-order valence-corrected chi connectivity index (χ1v) is 9.38. The van der Waals surface area contributed by atoms with Gasteiger partial charge in [-0.15, -0.1) is 0 Å². The summed E-state index contributed by atoms with van der Waals surface area (Å²) in [7, 11) is 0. The van der Waals surface area contributed by atoms with Gasteiger partial charge in [-0.25, -0.2) is 0 Å². The first-order chi connectivity index (χ1) is 13.7. The van der Waals surface area contributed by atoms with Crippen LogP contribution < -0.4 is 4.90 Å². The van der Waals surface area contributed by atoms with Crippen LogP contribution in [0.15, 0.2) is 91.0 Å². The molecule has 4 nitrogen and oxygen atoms in total. The number of amides is 1. The maximum atomic E-state index is 12.9. The minimum Gasteiger partial charge on any atom is -0.452 e. The molecule has 1 saturated heterocycles. The molecular weight excluding hydrogens is 350 g/mol. The second-order valence-electron chi connectivity index (χ2n) is 6.88. The van der Waals surface area contributed by atoms with Gasteiger partial charge in [-0.2, -0.15) is 0 Å². The van der Waals surface area contributed by atoms with Crippen LogP contribution >= 0.6 is 0 Å². The summed E-state index contributed by atoms with van der Waals surface area (Å²) >= 11 is 0. The van der Waals surface area contributed by atoms with E-state index in [2.05, 4.69) is 0 Å². The van der Waals surface area contributed by atoms with E-state index in [1.54, 1.807) is 4.90 Å². The quantitative estimate of drug-likeness (QED) is 0.626. The predicted octanol–water partition coefficient (Wildman–Crippen LogP) is 4.37. The molecular formula is C24H21NO3. The van der Waals surface area contributed by atoms with Crippen molar-refractivity contribution in [1.82, 2.24) is 0 Å². The van der Waals surface area contributed by atoms with Gasteiger partial charge in [0.05, 0.1) is 5.92 Å². The Morgan fingerprint density at radius 2 is 1.32 bits per heavy atom. The van der Waals surface area contributed by atoms with Gasteiger partial charge in [-0.3, -0.25) is 9.59 Å². The van der Waals surface area contributed by atoms with E-state index in [0.717, 1.165) is 16.8 Å². The molecule has 0 bridgehead atoms. The molecule has 0 saturated carbocycles. The van der Waals surface area contributed by atoms with Gasteiger partial charge in [0.2, 0.25) is 5.91 Å². The molecule has 0 radical (unpaired) electrons. The number of esters is 1. The van der Waals surface area contributed by atoms with Crippen LogP contribution in [0.5, 0.6) is 0 Å². The van der Waals surface area contributed by atoms with Crippen LogP contribution in [-0.2, 0) is 14.3 Å². The number of hydrogen-bond acceptors (Lipinski definition) is 3. The second-order valence-corrected chi connectivity index (χ2v) is 6.88. The van der Waals surface area contributed by atoms with E-state index in [1.165, 1.54) is 0 Å². The lowest BCUT2D eigenvalue weighted by atomic mass is 10.0. The fraction of sp³-hybridized carbons (Fsp3) is 0.167. The van der Waals surface area contributed by atoms with Gasteiger partial charge in [0.25, 0.3) is 0 Å². The van der Waals surface area contributed by atoms with Gasteiger partial charge in [0, 0.05) is 18.7 Å². The smallest absolute Gasteiger partial charge is 0.312 e. The van der Waals surface area contributed by atoms with E-state index in [-0.39, 0.29) is 18.3 Å². The molecule has 0 unspecified atom stereocenters. The number of nitrogens with zero attached hydrogens (tertiary/aromatic N) is 1. The third-order valence-electron chi connectivity index (χ3n) is 4.96. The molecule has 1 amide bonds. The van der Waals surface area contributed by atoms with Crippen molar-refractivity contribution in [3.8, 4) is 0 Å². The van der Waals surface area contributed by atoms with Gasteiger partial charge in [0.1, 0.15) is 0 Å². The molecule has 1 fully saturated rings. The highest BCUT2D eigenvalue weighted by Crippen LogP contribution is 2.30. The Morgan fingerprint density at radius 1 is 0.821 bits per heavy atom. The number of hydrogen-bond donors (Lipinski definition) is 0. The van der Waals surface area contributed by atoms with Gasteiger partial charge in [-0.05, 0) is 23.3 Å². The van der Waals surface area contributed by atoms with E-state index in [9.17, 15) is 9.59 Å². The fourth-order valence-corrected chi connectivity index (χ4v) is 3.52. The van der Waals surface area contributed by atoms with Crippen LogP contribution in [-0.4, -0.2) is 18.4 Å². The maximum Gasteiger partial charge on any atom is 0.312 e. The molecule has 0 aliphatic carbocycles. The van der Waals surface area contributed by atoms with Crippen LogP contribution in [0.25, 0.3) is 0 Å². The van der Waals surface area contributed by atoms with Crippen LogP contribution in [0.2, 0.25) is 0 Å². The number of anilines is 1. The summed E-state index contributed by atoms with van der Waals surface area (Å²) in [5.41, 5.74) is 2.63. The average Bonchev–Trinajstić information content (AvgIpc) is 3.15. The molecule has 3 aromatic rings. The van der Waals surface area contributed by atoms with E-state index < -0.39 is 12.0 Å². The van der Waals surface area contributed by atoms with Crippen molar-refractivity contribution < 1.29 is 14.3 Å². The van der Waals surface area contributed by atoms with Gasteiger partial charge in [-0.1, -0.05) is 78.9 Å². The Kier molecular flexibility index (Phi) is 5.20. The van der Waals surface area contributed by atoms with Gasteiger partial charge >= 0.3 is 5.97 Å². The topological polar surface area (TPSA) is 46.6 Å². The van der Waals surface area contributed by atoms with E-state index >= 15 is 0 Å². The number of carbonyl (C=O) groups is 2. The molecule has 28 heavy (non-hydrogen) atoms. The summed E-state index contributed by atoms with van der Waals surface area (Å²) in [5.74, 6) is -0.865. The molecule has 1 aliphatic heterocycles. The van der Waals surface area contributed by atoms with Crippen LogP contribution in [0.1, 0.15) is 23.7 Å². The Hall–Kier alpha value is -3.40. The zero-order valence-electron chi connectivity index (χ0n) is 15.4. The van der Waals surface area contributed by atoms with Crippen molar-refractivity contribution in [2.75, 3.05) is 11.4 Å². The summed E-state index contributed by atoms with van der Waals surface area (Å²) < 4.78 is 5.92. The minimum atomic E-state index is -0.490. The molecule has 140 valence electrons. The number of carbonyl (C=O) groups excluding carboxylic acids is 2. The van der Waals surface area contributed by atoms with Crippen molar-refractivity contribution in [3.63, 3.8) is 0 Å². The number of benzene rings is 3. The molecule has 4 rings (SSSR count). The van der Waals surface area contributed by atoms with Crippen LogP contribution in [0.4, 0.5) is 5.69 Å². The Morgan fingerprint density at radius 3 is 1.86 bits per heavy atom. The lowest BCUT2D eigenvalue weighted by molar-refractivity contribution is -0.152. The molecule has 4 heteroatoms. The first-order valence-electron chi connectivity index (χ1n) is 9.38. The third kappa shape index (κ3) is 3.81. The highest BCUT2D eigenvalue weighted by molar-refractivity contribution is 5.99. The fourth-order valence-electron chi connectivity index (χ4n) is 3.52. The van der Waals surface area contributed by atoms with Crippen molar-refractivity contribution in [2.24, 2.45) is 5.92 Å². The average molecular weight is 371 g/mol.